The summed E-state index contributed by atoms with van der Waals surface area (Å²) in [7, 11) is 0. The van der Waals surface area contributed by atoms with Gasteiger partial charge in [0, 0.05) is 0 Å². The summed E-state index contributed by atoms with van der Waals surface area (Å²) in [6.07, 6.45) is 10.7. The lowest BCUT2D eigenvalue weighted by atomic mass is 9.67. The molecule has 0 aliphatic rings. The van der Waals surface area contributed by atoms with E-state index in [4.69, 9.17) is 0 Å². The maximum Gasteiger partial charge on any atom is -0.0274 e. The molecule has 15 heavy (non-hydrogen) atoms. The zero-order valence-electron chi connectivity index (χ0n) is 11.4. The molecule has 0 N–H and O–H groups in total. The largest absolute Gasteiger partial charge is 0.0654 e. The molecule has 91 valence electrons. The fourth-order valence-electron chi connectivity index (χ4n) is 2.65. The predicted molar refractivity (Wildman–Crippen MR) is 70.9 cm³/mol. The zero-order valence-corrected chi connectivity index (χ0v) is 11.4. The lowest BCUT2D eigenvalue weighted by Gasteiger charge is -2.38. The molecular weight excluding hydrogens is 180 g/mol. The lowest BCUT2D eigenvalue weighted by Crippen LogP contribution is -2.27. The van der Waals surface area contributed by atoms with Gasteiger partial charge in [0.25, 0.3) is 0 Å². The summed E-state index contributed by atoms with van der Waals surface area (Å²) >= 11 is 0. The molecule has 0 amide bonds. The molecule has 0 unspecified atom stereocenters. The summed E-state index contributed by atoms with van der Waals surface area (Å²) in [6.45, 7) is 13.5. The summed E-state index contributed by atoms with van der Waals surface area (Å²) in [5.41, 5.74) is 0.591. The van der Waals surface area contributed by atoms with Crippen LogP contribution in [-0.2, 0) is 0 Å². The molecule has 0 aliphatic heterocycles. The predicted octanol–water partition coefficient (Wildman–Crippen LogP) is 5.62. The van der Waals surface area contributed by atoms with E-state index in [1.807, 2.05) is 0 Å². The van der Waals surface area contributed by atoms with Gasteiger partial charge in [0.05, 0.1) is 0 Å². The first kappa shape index (κ1) is 15.0. The Bertz CT molecular complexity index is 127. The Kier molecular flexibility index (Phi) is 8.19. The fourth-order valence-corrected chi connectivity index (χ4v) is 2.65. The van der Waals surface area contributed by atoms with Crippen LogP contribution in [0.3, 0.4) is 0 Å². The molecule has 0 bridgehead atoms. The van der Waals surface area contributed by atoms with E-state index in [2.05, 4.69) is 34.6 Å². The molecule has 0 aromatic rings. The van der Waals surface area contributed by atoms with Crippen molar-refractivity contribution in [1.82, 2.24) is 0 Å². The van der Waals surface area contributed by atoms with Crippen molar-refractivity contribution in [3.8, 4) is 0 Å². The first-order chi connectivity index (χ1) is 7.13. The smallest absolute Gasteiger partial charge is 0.0274 e. The highest BCUT2D eigenvalue weighted by Crippen LogP contribution is 2.42. The van der Waals surface area contributed by atoms with Crippen molar-refractivity contribution in [3.05, 3.63) is 6.92 Å². The van der Waals surface area contributed by atoms with Crippen LogP contribution < -0.4 is 0 Å². The van der Waals surface area contributed by atoms with E-state index < -0.39 is 0 Å². The van der Waals surface area contributed by atoms with Crippen molar-refractivity contribution in [2.75, 3.05) is 0 Å². The van der Waals surface area contributed by atoms with Crippen LogP contribution in [0.5, 0.6) is 0 Å². The van der Waals surface area contributed by atoms with E-state index >= 15 is 0 Å². The third kappa shape index (κ3) is 5.04. The van der Waals surface area contributed by atoms with Gasteiger partial charge in [-0.05, 0) is 30.6 Å². The third-order valence-electron chi connectivity index (χ3n) is 3.96. The Morgan fingerprint density at radius 1 is 0.933 bits per heavy atom. The van der Waals surface area contributed by atoms with E-state index in [-0.39, 0.29) is 0 Å². The maximum absolute atomic E-state index is 4.07. The van der Waals surface area contributed by atoms with Gasteiger partial charge in [0.2, 0.25) is 0 Å². The molecule has 0 rings (SSSR count). The molecule has 0 aromatic carbocycles. The molecule has 1 radical (unpaired) electrons. The highest BCUT2D eigenvalue weighted by Gasteiger charge is 2.31. The average Bonchev–Trinajstić information content (AvgIpc) is 2.22. The van der Waals surface area contributed by atoms with E-state index in [9.17, 15) is 0 Å². The molecule has 0 nitrogen and oxygen atoms in total. The summed E-state index contributed by atoms with van der Waals surface area (Å²) in [6, 6.07) is 0. The van der Waals surface area contributed by atoms with Crippen LogP contribution in [0.15, 0.2) is 0 Å². The van der Waals surface area contributed by atoms with Crippen LogP contribution in [0.1, 0.15) is 79.1 Å². The minimum absolute atomic E-state index is 0.591. The topological polar surface area (TPSA) is 0 Å². The summed E-state index contributed by atoms with van der Waals surface area (Å²) < 4.78 is 0. The SMILES string of the molecule is [CH2]CCC(CCCC)(CCCC)C(C)C. The molecular formula is C15H31. The van der Waals surface area contributed by atoms with E-state index in [0.717, 1.165) is 12.3 Å². The van der Waals surface area contributed by atoms with Crippen molar-refractivity contribution in [1.29, 1.82) is 0 Å². The number of rotatable bonds is 9. The highest BCUT2D eigenvalue weighted by molar-refractivity contribution is 4.82. The lowest BCUT2D eigenvalue weighted by molar-refractivity contribution is 0.131. The molecule has 0 aromatic heterocycles. The number of hydrogen-bond donors (Lipinski definition) is 0. The van der Waals surface area contributed by atoms with Gasteiger partial charge < -0.3 is 0 Å². The molecule has 0 spiro atoms. The molecule has 0 heterocycles. The van der Waals surface area contributed by atoms with Crippen molar-refractivity contribution >= 4 is 0 Å². The molecule has 0 atom stereocenters. The zero-order chi connectivity index (χ0) is 11.7. The number of hydrogen-bond acceptors (Lipinski definition) is 0. The van der Waals surface area contributed by atoms with Gasteiger partial charge in [-0.25, -0.2) is 0 Å². The van der Waals surface area contributed by atoms with Gasteiger partial charge in [0.1, 0.15) is 0 Å². The first-order valence-electron chi connectivity index (χ1n) is 6.92. The normalized spacial score (nSPS) is 12.4. The van der Waals surface area contributed by atoms with Crippen molar-refractivity contribution in [3.63, 3.8) is 0 Å². The summed E-state index contributed by atoms with van der Waals surface area (Å²) in [4.78, 5) is 0. The van der Waals surface area contributed by atoms with Crippen LogP contribution >= 0.6 is 0 Å². The highest BCUT2D eigenvalue weighted by atomic mass is 14.4. The Morgan fingerprint density at radius 2 is 1.40 bits per heavy atom. The first-order valence-corrected chi connectivity index (χ1v) is 6.92. The van der Waals surface area contributed by atoms with Gasteiger partial charge in [0.15, 0.2) is 0 Å². The van der Waals surface area contributed by atoms with Crippen LogP contribution in [0, 0.1) is 18.3 Å². The Balaban J connectivity index is 4.41. The Hall–Kier alpha value is 0. The minimum atomic E-state index is 0.591. The van der Waals surface area contributed by atoms with Crippen LogP contribution in [0.4, 0.5) is 0 Å². The van der Waals surface area contributed by atoms with Crippen LogP contribution in [-0.4, -0.2) is 0 Å². The van der Waals surface area contributed by atoms with Gasteiger partial charge in [-0.1, -0.05) is 66.7 Å². The van der Waals surface area contributed by atoms with Crippen molar-refractivity contribution < 1.29 is 0 Å². The average molecular weight is 211 g/mol. The third-order valence-corrected chi connectivity index (χ3v) is 3.96. The molecule has 0 fully saturated rings. The molecule has 0 saturated carbocycles. The second-order valence-electron chi connectivity index (χ2n) is 5.33. The Morgan fingerprint density at radius 3 is 1.67 bits per heavy atom. The summed E-state index contributed by atoms with van der Waals surface area (Å²) in [5.74, 6) is 0.817. The van der Waals surface area contributed by atoms with Gasteiger partial charge in [-0.15, -0.1) is 0 Å². The van der Waals surface area contributed by atoms with Gasteiger partial charge >= 0.3 is 0 Å². The van der Waals surface area contributed by atoms with Crippen LogP contribution in [0.2, 0.25) is 0 Å². The molecule has 0 aliphatic carbocycles. The second kappa shape index (κ2) is 8.19. The summed E-state index contributed by atoms with van der Waals surface area (Å²) in [5, 5.41) is 0. The van der Waals surface area contributed by atoms with Gasteiger partial charge in [-0.3, -0.25) is 0 Å². The molecule has 0 heteroatoms. The minimum Gasteiger partial charge on any atom is -0.0654 e. The fraction of sp³-hybridized carbons (Fsp3) is 0.933. The van der Waals surface area contributed by atoms with Gasteiger partial charge in [-0.2, -0.15) is 0 Å². The number of unbranched alkanes of at least 4 members (excludes halogenated alkanes) is 2. The second-order valence-corrected chi connectivity index (χ2v) is 5.33. The molecule has 0 saturated heterocycles. The van der Waals surface area contributed by atoms with Crippen molar-refractivity contribution in [2.24, 2.45) is 11.3 Å². The maximum atomic E-state index is 4.07. The van der Waals surface area contributed by atoms with Crippen LogP contribution in [0.25, 0.3) is 0 Å². The van der Waals surface area contributed by atoms with Crippen molar-refractivity contribution in [2.45, 2.75) is 79.1 Å². The quantitative estimate of drug-likeness (QED) is 0.464. The standard InChI is InChI=1S/C15H31/c1-6-9-12-15(11-8-3,14(4)5)13-10-7-2/h14H,3,6-13H2,1-2,4-5H3. The Labute approximate surface area is 97.8 Å². The van der Waals surface area contributed by atoms with E-state index in [1.165, 1.54) is 44.9 Å². The van der Waals surface area contributed by atoms with E-state index in [0.29, 0.717) is 5.41 Å². The monoisotopic (exact) mass is 211 g/mol. The van der Waals surface area contributed by atoms with E-state index in [1.54, 1.807) is 0 Å².